The van der Waals surface area contributed by atoms with E-state index in [1.165, 1.54) is 22.6 Å². The molecule has 0 radical (unpaired) electrons. The van der Waals surface area contributed by atoms with Gasteiger partial charge in [-0.2, -0.15) is 0 Å². The molecule has 2 atom stereocenters. The van der Waals surface area contributed by atoms with Crippen molar-refractivity contribution >= 4 is 17.2 Å². The molecule has 2 heterocycles. The molecule has 4 heteroatoms. The molecule has 1 amide bonds. The number of carbonyl (C=O) groups is 1. The van der Waals surface area contributed by atoms with Crippen LogP contribution in [-0.2, 0) is 4.79 Å². The fourth-order valence-electron chi connectivity index (χ4n) is 2.72. The first-order valence-corrected chi connectivity index (χ1v) is 8.48. The summed E-state index contributed by atoms with van der Waals surface area (Å²) in [5.41, 5.74) is -0.408. The van der Waals surface area contributed by atoms with Crippen LogP contribution in [0.5, 0.6) is 0 Å². The SMILES string of the molecule is CCCCCN1C(=O)C(C)(CC)NC1c1ccc(C)s1. The zero-order valence-corrected chi connectivity index (χ0v) is 13.8. The largest absolute Gasteiger partial charge is 0.320 e. The molecule has 1 aromatic rings. The van der Waals surface area contributed by atoms with E-state index in [0.29, 0.717) is 0 Å². The Hall–Kier alpha value is -0.870. The summed E-state index contributed by atoms with van der Waals surface area (Å²) in [6, 6.07) is 4.29. The quantitative estimate of drug-likeness (QED) is 0.808. The number of nitrogens with zero attached hydrogens (tertiary/aromatic N) is 1. The molecule has 0 spiro atoms. The Kier molecular flexibility index (Phi) is 4.86. The van der Waals surface area contributed by atoms with E-state index in [1.807, 2.05) is 11.8 Å². The Balaban J connectivity index is 2.20. The van der Waals surface area contributed by atoms with Gasteiger partial charge in [-0.15, -0.1) is 11.3 Å². The van der Waals surface area contributed by atoms with E-state index in [9.17, 15) is 4.79 Å². The van der Waals surface area contributed by atoms with Gasteiger partial charge in [-0.05, 0) is 38.8 Å². The number of rotatable bonds is 6. The van der Waals surface area contributed by atoms with Crippen LogP contribution in [0.15, 0.2) is 12.1 Å². The van der Waals surface area contributed by atoms with Crippen LogP contribution in [0.25, 0.3) is 0 Å². The van der Waals surface area contributed by atoms with Crippen molar-refractivity contribution in [1.29, 1.82) is 0 Å². The minimum absolute atomic E-state index is 0.0583. The lowest BCUT2D eigenvalue weighted by atomic mass is 9.99. The molecule has 1 saturated heterocycles. The summed E-state index contributed by atoms with van der Waals surface area (Å²) in [6.07, 6.45) is 4.34. The number of nitrogens with one attached hydrogen (secondary N) is 1. The first-order valence-electron chi connectivity index (χ1n) is 7.67. The summed E-state index contributed by atoms with van der Waals surface area (Å²) >= 11 is 1.78. The molecular formula is C16H26N2OS. The number of hydrogen-bond donors (Lipinski definition) is 1. The van der Waals surface area contributed by atoms with Gasteiger partial charge in [-0.25, -0.2) is 0 Å². The summed E-state index contributed by atoms with van der Waals surface area (Å²) in [5, 5.41) is 3.56. The molecule has 1 N–H and O–H groups in total. The van der Waals surface area contributed by atoms with Crippen molar-refractivity contribution in [2.24, 2.45) is 0 Å². The molecular weight excluding hydrogens is 268 g/mol. The van der Waals surface area contributed by atoms with Gasteiger partial charge in [0.15, 0.2) is 0 Å². The highest BCUT2D eigenvalue weighted by Gasteiger charge is 2.47. The minimum atomic E-state index is -0.408. The van der Waals surface area contributed by atoms with Crippen LogP contribution in [-0.4, -0.2) is 22.9 Å². The third-order valence-electron chi connectivity index (χ3n) is 4.24. The number of unbranched alkanes of at least 4 members (excludes halogenated alkanes) is 2. The van der Waals surface area contributed by atoms with Gasteiger partial charge in [-0.3, -0.25) is 10.1 Å². The van der Waals surface area contributed by atoms with E-state index in [2.05, 4.69) is 38.2 Å². The van der Waals surface area contributed by atoms with Crippen molar-refractivity contribution in [2.75, 3.05) is 6.54 Å². The molecule has 0 aliphatic carbocycles. The van der Waals surface area contributed by atoms with Crippen LogP contribution < -0.4 is 5.32 Å². The van der Waals surface area contributed by atoms with E-state index in [-0.39, 0.29) is 12.1 Å². The average molecular weight is 294 g/mol. The van der Waals surface area contributed by atoms with Crippen LogP contribution in [0.4, 0.5) is 0 Å². The molecule has 1 fully saturated rings. The zero-order valence-electron chi connectivity index (χ0n) is 13.0. The van der Waals surface area contributed by atoms with Gasteiger partial charge in [0, 0.05) is 16.3 Å². The van der Waals surface area contributed by atoms with Gasteiger partial charge in [-0.1, -0.05) is 26.7 Å². The average Bonchev–Trinajstić information content (AvgIpc) is 2.96. The van der Waals surface area contributed by atoms with Crippen LogP contribution in [0.2, 0.25) is 0 Å². The first kappa shape index (κ1) is 15.5. The van der Waals surface area contributed by atoms with E-state index in [0.717, 1.165) is 19.4 Å². The maximum Gasteiger partial charge on any atom is 0.244 e. The lowest BCUT2D eigenvalue weighted by Crippen LogP contribution is -2.43. The van der Waals surface area contributed by atoms with Crippen LogP contribution >= 0.6 is 11.3 Å². The molecule has 2 rings (SSSR count). The summed E-state index contributed by atoms with van der Waals surface area (Å²) < 4.78 is 0. The third-order valence-corrected chi connectivity index (χ3v) is 5.29. The topological polar surface area (TPSA) is 32.3 Å². The number of hydrogen-bond acceptors (Lipinski definition) is 3. The second-order valence-electron chi connectivity index (χ2n) is 5.89. The zero-order chi connectivity index (χ0) is 14.8. The van der Waals surface area contributed by atoms with Gasteiger partial charge < -0.3 is 4.90 Å². The van der Waals surface area contributed by atoms with E-state index in [1.54, 1.807) is 11.3 Å². The van der Waals surface area contributed by atoms with Crippen LogP contribution in [0.3, 0.4) is 0 Å². The second kappa shape index (κ2) is 6.27. The molecule has 20 heavy (non-hydrogen) atoms. The Morgan fingerprint density at radius 1 is 1.35 bits per heavy atom. The summed E-state index contributed by atoms with van der Waals surface area (Å²) in [5.74, 6) is 0.257. The molecule has 3 nitrogen and oxygen atoms in total. The minimum Gasteiger partial charge on any atom is -0.320 e. The van der Waals surface area contributed by atoms with Gasteiger partial charge in [0.1, 0.15) is 6.17 Å². The Morgan fingerprint density at radius 3 is 2.65 bits per heavy atom. The summed E-state index contributed by atoms with van der Waals surface area (Å²) in [6.45, 7) is 9.28. The van der Waals surface area contributed by atoms with Crippen molar-refractivity contribution in [1.82, 2.24) is 10.2 Å². The van der Waals surface area contributed by atoms with E-state index < -0.39 is 5.54 Å². The van der Waals surface area contributed by atoms with Crippen molar-refractivity contribution in [3.63, 3.8) is 0 Å². The van der Waals surface area contributed by atoms with Crippen molar-refractivity contribution in [3.8, 4) is 0 Å². The van der Waals surface area contributed by atoms with Crippen LogP contribution in [0, 0.1) is 6.92 Å². The Morgan fingerprint density at radius 2 is 2.10 bits per heavy atom. The summed E-state index contributed by atoms with van der Waals surface area (Å²) in [7, 11) is 0. The van der Waals surface area contributed by atoms with Gasteiger partial charge in [0.2, 0.25) is 5.91 Å². The van der Waals surface area contributed by atoms with Gasteiger partial charge >= 0.3 is 0 Å². The highest BCUT2D eigenvalue weighted by Crippen LogP contribution is 2.35. The highest BCUT2D eigenvalue weighted by molar-refractivity contribution is 7.12. The lowest BCUT2D eigenvalue weighted by Gasteiger charge is -2.23. The predicted octanol–water partition coefficient (Wildman–Crippen LogP) is 3.85. The second-order valence-corrected chi connectivity index (χ2v) is 7.21. The maximum atomic E-state index is 12.7. The number of thiophene rings is 1. The van der Waals surface area contributed by atoms with E-state index >= 15 is 0 Å². The monoisotopic (exact) mass is 294 g/mol. The lowest BCUT2D eigenvalue weighted by molar-refractivity contribution is -0.133. The van der Waals surface area contributed by atoms with E-state index in [4.69, 9.17) is 0 Å². The highest BCUT2D eigenvalue weighted by atomic mass is 32.1. The van der Waals surface area contributed by atoms with Crippen LogP contribution in [0.1, 0.15) is 62.4 Å². The van der Waals surface area contributed by atoms with Crippen molar-refractivity contribution in [3.05, 3.63) is 21.9 Å². The van der Waals surface area contributed by atoms with Crippen molar-refractivity contribution < 1.29 is 4.79 Å². The smallest absolute Gasteiger partial charge is 0.244 e. The van der Waals surface area contributed by atoms with Crippen molar-refractivity contribution in [2.45, 2.75) is 65.1 Å². The van der Waals surface area contributed by atoms with Gasteiger partial charge in [0.25, 0.3) is 0 Å². The standard InChI is InChI=1S/C16H26N2OS/c1-5-7-8-11-18-14(13-10-9-12(3)20-13)17-16(4,6-2)15(18)19/h9-10,14,17H,5-8,11H2,1-4H3. The molecule has 2 unspecified atom stereocenters. The van der Waals surface area contributed by atoms with Gasteiger partial charge in [0.05, 0.1) is 5.54 Å². The molecule has 1 aliphatic heterocycles. The Bertz CT molecular complexity index is 471. The number of aryl methyl sites for hydroxylation is 1. The normalized spacial score (nSPS) is 26.5. The predicted molar refractivity (Wildman–Crippen MR) is 84.9 cm³/mol. The Labute approximate surface area is 126 Å². The molecule has 0 bridgehead atoms. The molecule has 0 saturated carbocycles. The summed E-state index contributed by atoms with van der Waals surface area (Å²) in [4.78, 5) is 17.3. The first-order chi connectivity index (χ1) is 9.51. The molecule has 112 valence electrons. The maximum absolute atomic E-state index is 12.7. The third kappa shape index (κ3) is 2.91. The fourth-order valence-corrected chi connectivity index (χ4v) is 3.66. The molecule has 1 aromatic heterocycles. The molecule has 0 aromatic carbocycles. The fraction of sp³-hybridized carbons (Fsp3) is 0.688. The number of carbonyl (C=O) groups excluding carboxylic acids is 1. The number of amides is 1. The molecule has 1 aliphatic rings.